The van der Waals surface area contributed by atoms with Gasteiger partial charge in [-0.3, -0.25) is 0 Å². The van der Waals surface area contributed by atoms with Crippen molar-refractivity contribution < 1.29 is 23.0 Å². The number of carbonyl (C=O) groups is 1. The van der Waals surface area contributed by atoms with E-state index in [2.05, 4.69) is 9.97 Å². The van der Waals surface area contributed by atoms with Crippen LogP contribution in [-0.2, 0) is 4.74 Å². The van der Waals surface area contributed by atoms with Crippen LogP contribution in [0.15, 0.2) is 18.2 Å². The molecule has 0 saturated heterocycles. The number of benzene rings is 1. The minimum Gasteiger partial charge on any atom is -0.462 e. The largest absolute Gasteiger partial charge is 0.462 e. The number of aryl methyl sites for hydroxylation is 2. The molecule has 0 atom stereocenters. The van der Waals surface area contributed by atoms with E-state index in [-0.39, 0.29) is 18.2 Å². The molecule has 3 aromatic rings. The monoisotopic (exact) mass is 364 g/mol. The van der Waals surface area contributed by atoms with E-state index < -0.39 is 17.6 Å². The van der Waals surface area contributed by atoms with Gasteiger partial charge in [0, 0.05) is 6.07 Å². The molecule has 0 spiro atoms. The number of fused-ring (bicyclic) bond motifs is 1. The zero-order valence-electron chi connectivity index (χ0n) is 13.7. The minimum atomic E-state index is -1.02. The summed E-state index contributed by atoms with van der Waals surface area (Å²) >= 11 is 1.18. The van der Waals surface area contributed by atoms with E-state index in [1.54, 1.807) is 20.8 Å². The number of nitrogens with zero attached hydrogens (tertiary/aromatic N) is 2. The molecule has 0 unspecified atom stereocenters. The molecular formula is C17H14F2N2O3S. The van der Waals surface area contributed by atoms with Crippen LogP contribution in [0.3, 0.4) is 0 Å². The minimum absolute atomic E-state index is 0.0987. The number of ether oxygens (including phenoxy) is 2. The van der Waals surface area contributed by atoms with Gasteiger partial charge in [-0.25, -0.2) is 18.6 Å². The van der Waals surface area contributed by atoms with E-state index in [4.69, 9.17) is 9.47 Å². The molecule has 25 heavy (non-hydrogen) atoms. The number of esters is 1. The molecule has 0 aliphatic rings. The van der Waals surface area contributed by atoms with Crippen LogP contribution in [0, 0.1) is 25.5 Å². The van der Waals surface area contributed by atoms with Gasteiger partial charge in [-0.05, 0) is 38.5 Å². The van der Waals surface area contributed by atoms with Crippen LogP contribution in [0.1, 0.15) is 28.0 Å². The maximum Gasteiger partial charge on any atom is 0.348 e. The highest BCUT2D eigenvalue weighted by atomic mass is 32.1. The summed E-state index contributed by atoms with van der Waals surface area (Å²) in [6.07, 6.45) is 0. The Labute approximate surface area is 146 Å². The predicted molar refractivity (Wildman–Crippen MR) is 89.3 cm³/mol. The summed E-state index contributed by atoms with van der Waals surface area (Å²) in [5.41, 5.74) is 0.621. The van der Waals surface area contributed by atoms with Gasteiger partial charge < -0.3 is 9.47 Å². The average Bonchev–Trinajstić information content (AvgIpc) is 2.88. The molecule has 3 rings (SSSR count). The standard InChI is InChI=1S/C17H14F2N2O3S/c1-4-23-17(22)14-8(2)13-15(20-9(3)21-16(13)25-14)24-10-5-6-11(18)12(19)7-10/h5-7H,4H2,1-3H3. The van der Waals surface area contributed by atoms with Gasteiger partial charge in [0.25, 0.3) is 0 Å². The molecule has 130 valence electrons. The quantitative estimate of drug-likeness (QED) is 0.635. The highest BCUT2D eigenvalue weighted by Gasteiger charge is 2.22. The molecule has 5 nitrogen and oxygen atoms in total. The van der Waals surface area contributed by atoms with Crippen molar-refractivity contribution in [2.75, 3.05) is 6.61 Å². The second-order valence-electron chi connectivity index (χ2n) is 5.21. The molecule has 2 heterocycles. The first-order chi connectivity index (χ1) is 11.9. The Morgan fingerprint density at radius 3 is 2.64 bits per heavy atom. The number of rotatable bonds is 4. The van der Waals surface area contributed by atoms with E-state index in [1.165, 1.54) is 17.4 Å². The van der Waals surface area contributed by atoms with Crippen molar-refractivity contribution in [3.05, 3.63) is 46.1 Å². The number of aromatic nitrogens is 2. The van der Waals surface area contributed by atoms with Gasteiger partial charge >= 0.3 is 5.97 Å². The second kappa shape index (κ2) is 6.72. The predicted octanol–water partition coefficient (Wildman–Crippen LogP) is 4.56. The van der Waals surface area contributed by atoms with Crippen LogP contribution >= 0.6 is 11.3 Å². The number of halogens is 2. The van der Waals surface area contributed by atoms with Gasteiger partial charge in [0.15, 0.2) is 11.6 Å². The summed E-state index contributed by atoms with van der Waals surface area (Å²) in [7, 11) is 0. The van der Waals surface area contributed by atoms with E-state index in [1.807, 2.05) is 0 Å². The lowest BCUT2D eigenvalue weighted by Crippen LogP contribution is -2.03. The summed E-state index contributed by atoms with van der Waals surface area (Å²) in [5.74, 6) is -1.72. The third-order valence-corrected chi connectivity index (χ3v) is 4.60. The first-order valence-corrected chi connectivity index (χ1v) is 8.30. The fourth-order valence-electron chi connectivity index (χ4n) is 2.32. The molecule has 0 aliphatic carbocycles. The molecule has 0 saturated carbocycles. The molecule has 0 bridgehead atoms. The van der Waals surface area contributed by atoms with Crippen molar-refractivity contribution >= 4 is 27.5 Å². The lowest BCUT2D eigenvalue weighted by atomic mass is 10.2. The summed E-state index contributed by atoms with van der Waals surface area (Å²) < 4.78 is 37.2. The van der Waals surface area contributed by atoms with Gasteiger partial charge in [0.1, 0.15) is 21.3 Å². The molecule has 0 amide bonds. The average molecular weight is 364 g/mol. The molecule has 0 fully saturated rings. The maximum atomic E-state index is 13.4. The molecular weight excluding hydrogens is 350 g/mol. The summed E-state index contributed by atoms with van der Waals surface area (Å²) in [4.78, 5) is 21.6. The van der Waals surface area contributed by atoms with Crippen molar-refractivity contribution in [2.45, 2.75) is 20.8 Å². The summed E-state index contributed by atoms with van der Waals surface area (Å²) in [6, 6.07) is 3.21. The Kier molecular flexibility index (Phi) is 4.63. The Hall–Kier alpha value is -2.61. The second-order valence-corrected chi connectivity index (χ2v) is 6.21. The van der Waals surface area contributed by atoms with Crippen molar-refractivity contribution in [1.29, 1.82) is 0 Å². The van der Waals surface area contributed by atoms with E-state index in [0.29, 0.717) is 26.5 Å². The van der Waals surface area contributed by atoms with Crippen molar-refractivity contribution in [3.8, 4) is 11.6 Å². The van der Waals surface area contributed by atoms with Gasteiger partial charge in [0.2, 0.25) is 5.88 Å². The SMILES string of the molecule is CCOC(=O)c1sc2nc(C)nc(Oc3ccc(F)c(F)c3)c2c1C. The van der Waals surface area contributed by atoms with Gasteiger partial charge in [0.05, 0.1) is 12.0 Å². The van der Waals surface area contributed by atoms with Crippen molar-refractivity contribution in [2.24, 2.45) is 0 Å². The topological polar surface area (TPSA) is 61.3 Å². The summed E-state index contributed by atoms with van der Waals surface area (Å²) in [5, 5.41) is 0.545. The van der Waals surface area contributed by atoms with Crippen LogP contribution in [0.2, 0.25) is 0 Å². The molecule has 2 aromatic heterocycles. The van der Waals surface area contributed by atoms with Crippen molar-refractivity contribution in [3.63, 3.8) is 0 Å². The number of hydrogen-bond donors (Lipinski definition) is 0. The highest BCUT2D eigenvalue weighted by Crippen LogP contribution is 2.37. The maximum absolute atomic E-state index is 13.4. The van der Waals surface area contributed by atoms with Gasteiger partial charge in [-0.15, -0.1) is 11.3 Å². The van der Waals surface area contributed by atoms with Crippen LogP contribution in [-0.4, -0.2) is 22.5 Å². The third kappa shape index (κ3) is 3.30. The van der Waals surface area contributed by atoms with Crippen LogP contribution in [0.5, 0.6) is 11.6 Å². The third-order valence-electron chi connectivity index (χ3n) is 3.44. The molecule has 0 aliphatic heterocycles. The van der Waals surface area contributed by atoms with E-state index in [0.717, 1.165) is 12.1 Å². The Morgan fingerprint density at radius 1 is 1.20 bits per heavy atom. The zero-order valence-corrected chi connectivity index (χ0v) is 14.5. The number of hydrogen-bond acceptors (Lipinski definition) is 6. The van der Waals surface area contributed by atoms with E-state index in [9.17, 15) is 13.6 Å². The van der Waals surface area contributed by atoms with Crippen LogP contribution in [0.25, 0.3) is 10.2 Å². The molecule has 1 aromatic carbocycles. The van der Waals surface area contributed by atoms with Gasteiger partial charge in [-0.2, -0.15) is 4.98 Å². The molecule has 8 heteroatoms. The number of thiophene rings is 1. The van der Waals surface area contributed by atoms with Crippen molar-refractivity contribution in [1.82, 2.24) is 9.97 Å². The number of carbonyl (C=O) groups excluding carboxylic acids is 1. The lowest BCUT2D eigenvalue weighted by molar-refractivity contribution is 0.0531. The molecule has 0 N–H and O–H groups in total. The van der Waals surface area contributed by atoms with Crippen LogP contribution in [0.4, 0.5) is 8.78 Å². The molecule has 0 radical (unpaired) electrons. The Bertz CT molecular complexity index is 972. The van der Waals surface area contributed by atoms with Crippen LogP contribution < -0.4 is 4.74 Å². The fourth-order valence-corrected chi connectivity index (χ4v) is 3.43. The Balaban J connectivity index is 2.10. The van der Waals surface area contributed by atoms with E-state index >= 15 is 0 Å². The van der Waals surface area contributed by atoms with Gasteiger partial charge in [-0.1, -0.05) is 0 Å². The summed E-state index contributed by atoms with van der Waals surface area (Å²) in [6.45, 7) is 5.40. The fraction of sp³-hybridized carbons (Fsp3) is 0.235. The normalized spacial score (nSPS) is 10.9. The first-order valence-electron chi connectivity index (χ1n) is 7.48. The lowest BCUT2D eigenvalue weighted by Gasteiger charge is -2.08. The Morgan fingerprint density at radius 2 is 1.96 bits per heavy atom. The smallest absolute Gasteiger partial charge is 0.348 e. The zero-order chi connectivity index (χ0) is 18.1. The first kappa shape index (κ1) is 17.2. The highest BCUT2D eigenvalue weighted by molar-refractivity contribution is 7.20.